The second kappa shape index (κ2) is 5.61. The van der Waals surface area contributed by atoms with E-state index in [1.165, 1.54) is 0 Å². The molecule has 0 saturated carbocycles. The predicted octanol–water partition coefficient (Wildman–Crippen LogP) is 3.52. The smallest absolute Gasteiger partial charge is 0.237 e. The molecule has 1 aromatic carbocycles. The average molecular weight is 263 g/mol. The summed E-state index contributed by atoms with van der Waals surface area (Å²) in [6, 6.07) is 12.1. The van der Waals surface area contributed by atoms with Gasteiger partial charge in [-0.25, -0.2) is 0 Å². The van der Waals surface area contributed by atoms with Gasteiger partial charge in [-0.1, -0.05) is 36.4 Å². The summed E-state index contributed by atoms with van der Waals surface area (Å²) in [5, 5.41) is 0. The highest BCUT2D eigenvalue weighted by Crippen LogP contribution is 2.25. The lowest BCUT2D eigenvalue weighted by atomic mass is 9.97. The molecular weight excluding hydrogens is 248 g/mol. The molecule has 3 nitrogen and oxygen atoms in total. The Balaban J connectivity index is 1.97. The van der Waals surface area contributed by atoms with Crippen LogP contribution in [-0.4, -0.2) is 16.3 Å². The first-order chi connectivity index (χ1) is 9.84. The molecule has 0 spiro atoms. The van der Waals surface area contributed by atoms with E-state index in [0.29, 0.717) is 13.0 Å². The normalized spacial score (nSPS) is 14.2. The Kier molecular flexibility index (Phi) is 3.50. The van der Waals surface area contributed by atoms with Gasteiger partial charge in [-0.15, -0.1) is 0 Å². The molecule has 1 aliphatic rings. The highest BCUT2D eigenvalue weighted by atomic mass is 16.3. The zero-order valence-electron chi connectivity index (χ0n) is 11.1. The second-order valence-electron chi connectivity index (χ2n) is 4.72. The Morgan fingerprint density at radius 2 is 2.05 bits per heavy atom. The van der Waals surface area contributed by atoms with E-state index in [9.17, 15) is 4.91 Å². The van der Waals surface area contributed by atoms with E-state index < -0.39 is 0 Å². The Morgan fingerprint density at radius 3 is 2.85 bits per heavy atom. The molecule has 0 aliphatic carbocycles. The van der Waals surface area contributed by atoms with Gasteiger partial charge in [0.1, 0.15) is 0 Å². The molecule has 3 heteroatoms. The summed E-state index contributed by atoms with van der Waals surface area (Å²) < 4.78 is 1.04. The van der Waals surface area contributed by atoms with Crippen LogP contribution in [0.1, 0.15) is 5.56 Å². The molecule has 1 aromatic heterocycles. The quantitative estimate of drug-likeness (QED) is 0.794. The van der Waals surface area contributed by atoms with Crippen molar-refractivity contribution < 1.29 is 4.76 Å². The number of hydrogen-bond donors (Lipinski definition) is 0. The summed E-state index contributed by atoms with van der Waals surface area (Å²) >= 11 is 0. The maximum Gasteiger partial charge on any atom is 0.237 e. The van der Waals surface area contributed by atoms with Crippen LogP contribution in [0.5, 0.6) is 0 Å². The molecule has 0 atom stereocenters. The highest BCUT2D eigenvalue weighted by Gasteiger charge is 2.20. The van der Waals surface area contributed by atoms with Gasteiger partial charge in [0.15, 0.2) is 0 Å². The van der Waals surface area contributed by atoms with Crippen LogP contribution in [0.15, 0.2) is 72.7 Å². The Morgan fingerprint density at radius 1 is 1.15 bits per heavy atom. The largest absolute Gasteiger partial charge is 0.264 e. The molecule has 2 heterocycles. The van der Waals surface area contributed by atoms with Crippen molar-refractivity contribution in [3.05, 3.63) is 83.2 Å². The Labute approximate surface area is 117 Å². The maximum absolute atomic E-state index is 11.8. The SMILES string of the molecule is O=[N+]1CC=CC=C1Cc1ccccc1-c1cccnc1. The number of benzene rings is 1. The molecular formula is C17H15N2O+. The topological polar surface area (TPSA) is 33.0 Å². The zero-order valence-corrected chi connectivity index (χ0v) is 11.1. The van der Waals surface area contributed by atoms with Crippen molar-refractivity contribution in [3.63, 3.8) is 0 Å². The zero-order chi connectivity index (χ0) is 13.8. The molecule has 0 saturated heterocycles. The molecule has 98 valence electrons. The van der Waals surface area contributed by atoms with E-state index >= 15 is 0 Å². The van der Waals surface area contributed by atoms with Crippen LogP contribution in [0.4, 0.5) is 0 Å². The fourth-order valence-electron chi connectivity index (χ4n) is 2.36. The number of hydrogen-bond acceptors (Lipinski definition) is 2. The third kappa shape index (κ3) is 2.57. The molecule has 0 fully saturated rings. The molecule has 0 unspecified atom stereocenters. The minimum atomic E-state index is 0.431. The van der Waals surface area contributed by atoms with Gasteiger partial charge >= 0.3 is 0 Å². The third-order valence-electron chi connectivity index (χ3n) is 3.38. The van der Waals surface area contributed by atoms with Crippen LogP contribution in [0.3, 0.4) is 0 Å². The van der Waals surface area contributed by atoms with Crippen molar-refractivity contribution in [1.82, 2.24) is 4.98 Å². The third-order valence-corrected chi connectivity index (χ3v) is 3.38. The van der Waals surface area contributed by atoms with Gasteiger partial charge < -0.3 is 0 Å². The Hall–Kier alpha value is -2.55. The van der Waals surface area contributed by atoms with E-state index in [-0.39, 0.29) is 0 Å². The van der Waals surface area contributed by atoms with E-state index in [4.69, 9.17) is 0 Å². The van der Waals surface area contributed by atoms with Crippen molar-refractivity contribution in [3.8, 4) is 11.1 Å². The standard InChI is InChI=1S/C17H15N2O/c20-19-11-4-3-8-16(19)12-14-6-1-2-9-17(14)15-7-5-10-18-13-15/h1-10,13H,11-12H2/q+1. The van der Waals surface area contributed by atoms with Gasteiger partial charge in [0, 0.05) is 33.7 Å². The van der Waals surface area contributed by atoms with Crippen LogP contribution in [0.2, 0.25) is 0 Å². The number of pyridine rings is 1. The first-order valence-corrected chi connectivity index (χ1v) is 6.63. The summed E-state index contributed by atoms with van der Waals surface area (Å²) in [5.74, 6) is 0. The van der Waals surface area contributed by atoms with Gasteiger partial charge in [-0.3, -0.25) is 4.98 Å². The van der Waals surface area contributed by atoms with E-state index in [1.54, 1.807) is 6.20 Å². The van der Waals surface area contributed by atoms with Crippen LogP contribution in [0, 0.1) is 4.91 Å². The lowest BCUT2D eigenvalue weighted by Crippen LogP contribution is -2.12. The summed E-state index contributed by atoms with van der Waals surface area (Å²) in [4.78, 5) is 16.0. The van der Waals surface area contributed by atoms with Crippen LogP contribution >= 0.6 is 0 Å². The molecule has 0 bridgehead atoms. The average Bonchev–Trinajstić information content (AvgIpc) is 2.51. The molecule has 0 radical (unpaired) electrons. The fourth-order valence-corrected chi connectivity index (χ4v) is 2.36. The number of nitrogens with zero attached hydrogens (tertiary/aromatic N) is 2. The van der Waals surface area contributed by atoms with E-state index in [2.05, 4.69) is 17.1 Å². The van der Waals surface area contributed by atoms with Gasteiger partial charge in [-0.05, 0) is 23.3 Å². The van der Waals surface area contributed by atoms with Crippen molar-refractivity contribution in [1.29, 1.82) is 0 Å². The van der Waals surface area contributed by atoms with Crippen LogP contribution < -0.4 is 0 Å². The van der Waals surface area contributed by atoms with Crippen molar-refractivity contribution in [2.24, 2.45) is 0 Å². The second-order valence-corrected chi connectivity index (χ2v) is 4.72. The van der Waals surface area contributed by atoms with Crippen molar-refractivity contribution >= 4 is 0 Å². The number of allylic oxidation sites excluding steroid dienone is 3. The highest BCUT2D eigenvalue weighted by molar-refractivity contribution is 5.66. The summed E-state index contributed by atoms with van der Waals surface area (Å²) in [6.45, 7) is 0.431. The van der Waals surface area contributed by atoms with Gasteiger partial charge in [0.2, 0.25) is 12.2 Å². The number of aromatic nitrogens is 1. The van der Waals surface area contributed by atoms with Crippen LogP contribution in [-0.2, 0) is 6.42 Å². The van der Waals surface area contributed by atoms with E-state index in [0.717, 1.165) is 27.1 Å². The first kappa shape index (κ1) is 12.5. The fraction of sp³-hybridized carbons (Fsp3) is 0.118. The summed E-state index contributed by atoms with van der Waals surface area (Å²) in [6.07, 6.45) is 9.94. The predicted molar refractivity (Wildman–Crippen MR) is 79.1 cm³/mol. The molecule has 3 rings (SSSR count). The summed E-state index contributed by atoms with van der Waals surface area (Å²) in [7, 11) is 0. The van der Waals surface area contributed by atoms with Crippen molar-refractivity contribution in [2.75, 3.05) is 6.54 Å². The first-order valence-electron chi connectivity index (χ1n) is 6.63. The monoisotopic (exact) mass is 263 g/mol. The molecule has 2 aromatic rings. The molecule has 1 aliphatic heterocycles. The molecule has 0 N–H and O–H groups in total. The lowest BCUT2D eigenvalue weighted by molar-refractivity contribution is -0.491. The van der Waals surface area contributed by atoms with E-state index in [1.807, 2.05) is 48.7 Å². The minimum absolute atomic E-state index is 0.431. The van der Waals surface area contributed by atoms with Gasteiger partial charge in [-0.2, -0.15) is 0 Å². The molecule has 20 heavy (non-hydrogen) atoms. The number of rotatable bonds is 3. The lowest BCUT2D eigenvalue weighted by Gasteiger charge is -2.08. The van der Waals surface area contributed by atoms with Gasteiger partial charge in [0.25, 0.3) is 0 Å². The molecule has 0 amide bonds. The van der Waals surface area contributed by atoms with Crippen molar-refractivity contribution in [2.45, 2.75) is 6.42 Å². The maximum atomic E-state index is 11.8. The Bertz CT molecular complexity index is 687. The number of nitroso groups, excluding NO2 is 1. The van der Waals surface area contributed by atoms with Gasteiger partial charge in [0.05, 0.1) is 6.42 Å². The minimum Gasteiger partial charge on any atom is -0.264 e. The summed E-state index contributed by atoms with van der Waals surface area (Å²) in [5.41, 5.74) is 4.14. The van der Waals surface area contributed by atoms with Crippen LogP contribution in [0.25, 0.3) is 11.1 Å².